The highest BCUT2D eigenvalue weighted by Crippen LogP contribution is 2.35. The van der Waals surface area contributed by atoms with Gasteiger partial charge in [0.15, 0.2) is 5.78 Å². The number of carbonyl (C=O) groups is 4. The van der Waals surface area contributed by atoms with E-state index in [1.807, 2.05) is 36.4 Å². The Morgan fingerprint density at radius 1 is 1.07 bits per heavy atom. The van der Waals surface area contributed by atoms with Gasteiger partial charge in [-0.25, -0.2) is 9.59 Å². The number of nitrogens with zero attached hydrogens (tertiary/aromatic N) is 2. The van der Waals surface area contributed by atoms with Crippen LogP contribution < -0.4 is 5.32 Å². The average molecular weight is 586 g/mol. The first-order valence-corrected chi connectivity index (χ1v) is 13.8. The third-order valence-electron chi connectivity index (χ3n) is 7.69. The number of ketones is 1. The lowest BCUT2D eigenvalue weighted by molar-refractivity contribution is -0.158. The molecule has 2 unspecified atom stereocenters. The fourth-order valence-electron chi connectivity index (χ4n) is 5.18. The van der Waals surface area contributed by atoms with Crippen molar-refractivity contribution in [2.45, 2.75) is 51.4 Å². The number of hydrogen-bond acceptors (Lipinski definition) is 9. The number of aliphatic carboxylic acids is 1. The lowest BCUT2D eigenvalue weighted by atomic mass is 9.83. The number of aromatic nitrogens is 1. The lowest BCUT2D eigenvalue weighted by Crippen LogP contribution is -2.59. The molecule has 0 aliphatic carbocycles. The summed E-state index contributed by atoms with van der Waals surface area (Å²) in [6.45, 7) is 4.40. The van der Waals surface area contributed by atoms with Gasteiger partial charge in [0.25, 0.3) is 5.91 Å². The highest BCUT2D eigenvalue weighted by Gasteiger charge is 2.52. The van der Waals surface area contributed by atoms with Gasteiger partial charge in [0.05, 0.1) is 11.3 Å². The fourth-order valence-corrected chi connectivity index (χ4v) is 5.18. The minimum absolute atomic E-state index is 0.00918. The molecule has 3 aromatic rings. The zero-order valence-corrected chi connectivity index (χ0v) is 23.9. The molecule has 2 aliphatic heterocycles. The van der Waals surface area contributed by atoms with Crippen LogP contribution in [0.5, 0.6) is 0 Å². The van der Waals surface area contributed by atoms with Crippen molar-refractivity contribution in [2.75, 3.05) is 6.61 Å². The molecule has 0 radical (unpaired) electrons. The van der Waals surface area contributed by atoms with Crippen molar-refractivity contribution in [3.63, 3.8) is 0 Å². The van der Waals surface area contributed by atoms with Crippen molar-refractivity contribution in [3.8, 4) is 0 Å². The van der Waals surface area contributed by atoms with E-state index in [0.29, 0.717) is 11.4 Å². The number of carboxylic acid groups (broad SMARTS) is 1. The fraction of sp³-hybridized carbons (Fsp3) is 0.312. The van der Waals surface area contributed by atoms with E-state index in [-0.39, 0.29) is 30.8 Å². The van der Waals surface area contributed by atoms with Crippen molar-refractivity contribution < 1.29 is 38.6 Å². The molecule has 0 saturated heterocycles. The lowest BCUT2D eigenvalue weighted by Gasteiger charge is -2.32. The summed E-state index contributed by atoms with van der Waals surface area (Å²) in [5.74, 6) is -3.98. The van der Waals surface area contributed by atoms with Gasteiger partial charge in [0.1, 0.15) is 24.1 Å². The number of carboxylic acids is 1. The molecule has 222 valence electrons. The molecule has 43 heavy (non-hydrogen) atoms. The van der Waals surface area contributed by atoms with Crippen molar-refractivity contribution in [1.82, 2.24) is 10.3 Å². The summed E-state index contributed by atoms with van der Waals surface area (Å²) in [4.78, 5) is 61.8. The average Bonchev–Trinajstić information content (AvgIpc) is 3.60. The quantitative estimate of drug-likeness (QED) is 0.323. The van der Waals surface area contributed by atoms with Crippen molar-refractivity contribution >= 4 is 40.1 Å². The Bertz CT molecular complexity index is 1640. The second-order valence-corrected chi connectivity index (χ2v) is 10.8. The number of fused-ring (bicyclic) bond motifs is 1. The number of nitrogens with one attached hydrogen (secondary N) is 1. The van der Waals surface area contributed by atoms with E-state index in [2.05, 4.69) is 15.5 Å². The number of Topliss-reactive ketones (excluding diaryl/α,β-unsaturated/α-hetero) is 1. The summed E-state index contributed by atoms with van der Waals surface area (Å²) in [5, 5.41) is 18.7. The zero-order valence-electron chi connectivity index (χ0n) is 23.9. The maximum atomic E-state index is 13.9. The topological polar surface area (TPSA) is 153 Å². The largest absolute Gasteiger partial charge is 0.478 e. The van der Waals surface area contributed by atoms with Crippen LogP contribution in [0, 0.1) is 5.92 Å². The molecule has 5 rings (SSSR count). The van der Waals surface area contributed by atoms with Gasteiger partial charge in [-0.05, 0) is 23.9 Å². The normalized spacial score (nSPS) is 19.4. The van der Waals surface area contributed by atoms with Gasteiger partial charge in [-0.3, -0.25) is 14.6 Å². The summed E-state index contributed by atoms with van der Waals surface area (Å²) in [5.41, 5.74) is 0.393. The van der Waals surface area contributed by atoms with Gasteiger partial charge >= 0.3 is 11.9 Å². The van der Waals surface area contributed by atoms with Crippen LogP contribution in [-0.2, 0) is 39.9 Å². The molecule has 2 aromatic carbocycles. The number of oxime groups is 1. The van der Waals surface area contributed by atoms with Gasteiger partial charge in [0, 0.05) is 30.3 Å². The molecule has 0 bridgehead atoms. The molecular weight excluding hydrogens is 554 g/mol. The van der Waals surface area contributed by atoms with E-state index in [9.17, 15) is 24.3 Å². The van der Waals surface area contributed by atoms with E-state index < -0.39 is 47.3 Å². The number of pyridine rings is 1. The minimum atomic E-state index is -1.84. The predicted octanol–water partition coefficient (Wildman–Crippen LogP) is 3.35. The van der Waals surface area contributed by atoms with Gasteiger partial charge in [-0.15, -0.1) is 0 Å². The number of benzene rings is 2. The van der Waals surface area contributed by atoms with Crippen LogP contribution in [0.3, 0.4) is 0 Å². The zero-order chi connectivity index (χ0) is 30.7. The molecule has 0 spiro atoms. The summed E-state index contributed by atoms with van der Waals surface area (Å²) in [6, 6.07) is 16.9. The first-order valence-electron chi connectivity index (χ1n) is 13.8. The second-order valence-electron chi connectivity index (χ2n) is 10.8. The van der Waals surface area contributed by atoms with Crippen molar-refractivity contribution in [1.29, 1.82) is 0 Å². The van der Waals surface area contributed by atoms with Crippen LogP contribution in [0.1, 0.15) is 38.4 Å². The molecular formula is C32H31N3O8. The summed E-state index contributed by atoms with van der Waals surface area (Å²) < 4.78 is 10.9. The molecule has 0 saturated carbocycles. The van der Waals surface area contributed by atoms with Gasteiger partial charge < -0.3 is 24.7 Å². The van der Waals surface area contributed by atoms with E-state index >= 15 is 0 Å². The van der Waals surface area contributed by atoms with Crippen molar-refractivity contribution in [3.05, 3.63) is 89.5 Å². The summed E-state index contributed by atoms with van der Waals surface area (Å²) in [6.07, 6.45) is -0.0166. The van der Waals surface area contributed by atoms with Gasteiger partial charge in [-0.1, -0.05) is 73.6 Å². The summed E-state index contributed by atoms with van der Waals surface area (Å²) in [7, 11) is 0. The van der Waals surface area contributed by atoms with Crippen LogP contribution in [0.25, 0.3) is 10.8 Å². The molecule has 3 heterocycles. The van der Waals surface area contributed by atoms with Crippen molar-refractivity contribution in [2.24, 2.45) is 11.1 Å². The number of ether oxygens (including phenoxy) is 2. The monoisotopic (exact) mass is 585 g/mol. The number of cyclic esters (lactones) is 1. The Kier molecular flexibility index (Phi) is 8.24. The SMILES string of the molecule is CC(=O)C(NC(=O)[C@]1(C(C)C)CC(c2nccc3ccccc23)=NO1)C(OC1=C(Cc2ccccc2)C(=O)OC1)C(=O)O. The Balaban J connectivity index is 1.40. The van der Waals surface area contributed by atoms with E-state index in [1.165, 1.54) is 0 Å². The van der Waals surface area contributed by atoms with E-state index in [0.717, 1.165) is 23.3 Å². The molecule has 1 amide bonds. The van der Waals surface area contributed by atoms with E-state index in [1.54, 1.807) is 44.3 Å². The Morgan fingerprint density at radius 3 is 2.49 bits per heavy atom. The maximum Gasteiger partial charge on any atom is 0.347 e. The van der Waals surface area contributed by atoms with Crippen LogP contribution in [-0.4, -0.2) is 63.8 Å². The minimum Gasteiger partial charge on any atom is -0.478 e. The van der Waals surface area contributed by atoms with Crippen LogP contribution >= 0.6 is 0 Å². The number of carbonyl (C=O) groups excluding carboxylic acids is 3. The Morgan fingerprint density at radius 2 is 1.79 bits per heavy atom. The summed E-state index contributed by atoms with van der Waals surface area (Å²) >= 11 is 0. The molecule has 11 heteroatoms. The second kappa shape index (κ2) is 12.0. The predicted molar refractivity (Wildman–Crippen MR) is 155 cm³/mol. The Hall–Kier alpha value is -5.06. The van der Waals surface area contributed by atoms with Gasteiger partial charge in [-0.2, -0.15) is 0 Å². The first kappa shape index (κ1) is 29.4. The number of esters is 1. The van der Waals surface area contributed by atoms with E-state index in [4.69, 9.17) is 14.3 Å². The number of rotatable bonds is 11. The highest BCUT2D eigenvalue weighted by molar-refractivity contribution is 6.12. The van der Waals surface area contributed by atoms with Gasteiger partial charge in [0.2, 0.25) is 11.7 Å². The van der Waals surface area contributed by atoms with Crippen LogP contribution in [0.15, 0.2) is 83.3 Å². The first-order chi connectivity index (χ1) is 20.6. The molecule has 3 atom stereocenters. The molecule has 0 fully saturated rings. The smallest absolute Gasteiger partial charge is 0.347 e. The third-order valence-corrected chi connectivity index (χ3v) is 7.69. The third kappa shape index (κ3) is 5.83. The Labute approximate surface area is 247 Å². The van der Waals surface area contributed by atoms with Crippen LogP contribution in [0.2, 0.25) is 0 Å². The molecule has 2 N–H and O–H groups in total. The standard InChI is InChI=1S/C32H31N3O8/c1-18(2)32(16-24(35-43-32)27-22-12-8-7-11-21(22)13-14-33-27)31(40)34-26(19(3)36)28(29(37)38)42-25-17-41-30(39)23(25)15-20-9-5-4-6-10-20/h4-14,18,26,28H,15-17H2,1-3H3,(H,34,40)(H,37,38)/t26?,28?,32-/m1/s1. The maximum absolute atomic E-state index is 13.9. The molecule has 2 aliphatic rings. The highest BCUT2D eigenvalue weighted by atomic mass is 16.7. The molecule has 1 aromatic heterocycles. The number of hydrogen-bond donors (Lipinski definition) is 2. The number of amides is 1. The van der Waals surface area contributed by atoms with Crippen LogP contribution in [0.4, 0.5) is 0 Å². The molecule has 11 nitrogen and oxygen atoms in total.